The van der Waals surface area contributed by atoms with Crippen molar-refractivity contribution in [3.63, 3.8) is 0 Å². The highest BCUT2D eigenvalue weighted by Crippen LogP contribution is 2.37. The molecule has 0 unspecified atom stereocenters. The zero-order chi connectivity index (χ0) is 24.0. The molecular formula is C26H25FN6O. The van der Waals surface area contributed by atoms with Crippen LogP contribution in [0.5, 0.6) is 5.75 Å². The number of anilines is 1. The topological polar surface area (TPSA) is 83.8 Å². The van der Waals surface area contributed by atoms with Crippen molar-refractivity contribution in [2.24, 2.45) is 7.05 Å². The van der Waals surface area contributed by atoms with E-state index < -0.39 is 0 Å². The van der Waals surface area contributed by atoms with Gasteiger partial charge in [0.2, 0.25) is 0 Å². The van der Waals surface area contributed by atoms with Gasteiger partial charge in [0.05, 0.1) is 29.8 Å². The number of halogens is 1. The highest BCUT2D eigenvalue weighted by atomic mass is 19.1. The fourth-order valence-corrected chi connectivity index (χ4v) is 4.34. The van der Waals surface area contributed by atoms with Crippen molar-refractivity contribution in [1.82, 2.24) is 24.1 Å². The van der Waals surface area contributed by atoms with Gasteiger partial charge < -0.3 is 19.6 Å². The summed E-state index contributed by atoms with van der Waals surface area (Å²) < 4.78 is 24.5. The first-order chi connectivity index (χ1) is 16.4. The van der Waals surface area contributed by atoms with Crippen LogP contribution in [0, 0.1) is 19.7 Å². The van der Waals surface area contributed by atoms with Gasteiger partial charge in [-0.2, -0.15) is 0 Å². The Kier molecular flexibility index (Phi) is 5.28. The highest BCUT2D eigenvalue weighted by molar-refractivity contribution is 6.00. The Morgan fingerprint density at radius 3 is 2.59 bits per heavy atom. The molecule has 5 rings (SSSR count). The summed E-state index contributed by atoms with van der Waals surface area (Å²) in [7, 11) is 1.93. The van der Waals surface area contributed by atoms with Crippen molar-refractivity contribution < 1.29 is 9.13 Å². The van der Waals surface area contributed by atoms with Crippen molar-refractivity contribution in [3.8, 4) is 34.0 Å². The molecule has 0 atom stereocenters. The van der Waals surface area contributed by atoms with Crippen LogP contribution in [0.4, 0.5) is 10.2 Å². The zero-order valence-corrected chi connectivity index (χ0v) is 19.5. The van der Waals surface area contributed by atoms with E-state index in [-0.39, 0.29) is 5.82 Å². The summed E-state index contributed by atoms with van der Waals surface area (Å²) in [5.74, 6) is 1.47. The molecule has 172 valence electrons. The van der Waals surface area contributed by atoms with Crippen LogP contribution in [0.1, 0.15) is 18.3 Å². The van der Waals surface area contributed by atoms with Crippen molar-refractivity contribution in [2.75, 3.05) is 12.3 Å². The first-order valence-corrected chi connectivity index (χ1v) is 11.0. The lowest BCUT2D eigenvalue weighted by Crippen LogP contribution is -2.01. The Morgan fingerprint density at radius 2 is 1.88 bits per heavy atom. The van der Waals surface area contributed by atoms with Gasteiger partial charge in [-0.3, -0.25) is 0 Å². The van der Waals surface area contributed by atoms with Crippen LogP contribution < -0.4 is 10.5 Å². The summed E-state index contributed by atoms with van der Waals surface area (Å²) in [5, 5.41) is 0. The summed E-state index contributed by atoms with van der Waals surface area (Å²) in [4.78, 5) is 13.5. The fourth-order valence-electron chi connectivity index (χ4n) is 4.34. The molecule has 7 nitrogen and oxygen atoms in total. The predicted molar refractivity (Wildman–Crippen MR) is 132 cm³/mol. The van der Waals surface area contributed by atoms with Crippen molar-refractivity contribution >= 4 is 16.9 Å². The predicted octanol–water partition coefficient (Wildman–Crippen LogP) is 5.22. The third-order valence-electron chi connectivity index (χ3n) is 5.85. The molecule has 0 radical (unpaired) electrons. The summed E-state index contributed by atoms with van der Waals surface area (Å²) in [6, 6.07) is 12.9. The monoisotopic (exact) mass is 456 g/mol. The molecule has 3 aromatic heterocycles. The number of imidazole rings is 2. The van der Waals surface area contributed by atoms with Crippen molar-refractivity contribution in [2.45, 2.75) is 20.8 Å². The zero-order valence-electron chi connectivity index (χ0n) is 19.5. The number of nitrogens with two attached hydrogens (primary N) is 1. The number of aryl methyl sites for hydroxylation is 3. The fraction of sp³-hybridized carbons (Fsp3) is 0.192. The molecular weight excluding hydrogens is 431 g/mol. The maximum Gasteiger partial charge on any atom is 0.151 e. The number of pyridine rings is 1. The van der Waals surface area contributed by atoms with E-state index in [2.05, 4.69) is 9.97 Å². The van der Waals surface area contributed by atoms with Crippen LogP contribution in [-0.2, 0) is 7.05 Å². The number of benzene rings is 2. The maximum atomic E-state index is 15.2. The lowest BCUT2D eigenvalue weighted by atomic mass is 10.0. The molecule has 0 spiro atoms. The summed E-state index contributed by atoms with van der Waals surface area (Å²) in [5.41, 5.74) is 12.0. The highest BCUT2D eigenvalue weighted by Gasteiger charge is 2.21. The van der Waals surface area contributed by atoms with Gasteiger partial charge >= 0.3 is 0 Å². The number of fused-ring (bicyclic) bond motifs is 1. The van der Waals surface area contributed by atoms with Gasteiger partial charge in [0, 0.05) is 30.1 Å². The van der Waals surface area contributed by atoms with Crippen LogP contribution in [0.15, 0.2) is 55.0 Å². The number of nitrogens with zero attached hydrogens (tertiary/aromatic N) is 5. The number of hydrogen-bond acceptors (Lipinski definition) is 5. The molecule has 8 heteroatoms. The second-order valence-corrected chi connectivity index (χ2v) is 8.20. The van der Waals surface area contributed by atoms with Crippen LogP contribution in [-0.4, -0.2) is 30.7 Å². The van der Waals surface area contributed by atoms with E-state index in [0.29, 0.717) is 34.9 Å². The second-order valence-electron chi connectivity index (χ2n) is 8.20. The lowest BCUT2D eigenvalue weighted by Gasteiger charge is -2.13. The molecule has 0 aliphatic rings. The maximum absolute atomic E-state index is 15.2. The van der Waals surface area contributed by atoms with Crippen LogP contribution in [0.2, 0.25) is 0 Å². The van der Waals surface area contributed by atoms with Gasteiger partial charge in [-0.1, -0.05) is 18.2 Å². The number of nitrogen functional groups attached to an aromatic ring is 1. The molecule has 2 aromatic carbocycles. The van der Waals surface area contributed by atoms with E-state index in [0.717, 1.165) is 33.9 Å². The molecule has 34 heavy (non-hydrogen) atoms. The average Bonchev–Trinajstić information content (AvgIpc) is 3.38. The average molecular weight is 457 g/mol. The van der Waals surface area contributed by atoms with E-state index in [1.54, 1.807) is 23.2 Å². The van der Waals surface area contributed by atoms with Gasteiger partial charge in [-0.25, -0.2) is 19.3 Å². The number of rotatable bonds is 5. The number of aromatic nitrogens is 5. The lowest BCUT2D eigenvalue weighted by molar-refractivity contribution is 0.340. The molecule has 2 N–H and O–H groups in total. The quantitative estimate of drug-likeness (QED) is 0.392. The molecule has 0 saturated carbocycles. The minimum absolute atomic E-state index is 0.338. The van der Waals surface area contributed by atoms with Gasteiger partial charge in [0.25, 0.3) is 0 Å². The Morgan fingerprint density at radius 1 is 1.06 bits per heavy atom. The molecule has 0 fully saturated rings. The SMILES string of the molecule is CCOc1cccc(-c2nc3c(N)nc(C)c(-c4ccc(-n5cnc(C)c5)c(F)c4)c3n2C)c1. The summed E-state index contributed by atoms with van der Waals surface area (Å²) in [6.45, 7) is 6.26. The number of ether oxygens (including phenoxy) is 1. The van der Waals surface area contributed by atoms with E-state index in [4.69, 9.17) is 15.5 Å². The van der Waals surface area contributed by atoms with E-state index in [1.807, 2.05) is 62.7 Å². The Hall–Kier alpha value is -4.20. The smallest absolute Gasteiger partial charge is 0.151 e. The largest absolute Gasteiger partial charge is 0.494 e. The molecule has 3 heterocycles. The van der Waals surface area contributed by atoms with Gasteiger partial charge in [0.1, 0.15) is 22.9 Å². The van der Waals surface area contributed by atoms with Crippen LogP contribution >= 0.6 is 0 Å². The first-order valence-electron chi connectivity index (χ1n) is 11.0. The normalized spacial score (nSPS) is 11.3. The number of hydrogen-bond donors (Lipinski definition) is 1. The standard InChI is InChI=1S/C26H25FN6O/c1-5-34-19-8-6-7-18(11-19)26-31-23-24(32(26)4)22(16(3)30-25(23)28)17-9-10-21(20(27)12-17)33-13-15(2)29-14-33/h6-14H,5H2,1-4H3,(H2,28,30). The third kappa shape index (κ3) is 3.57. The van der Waals surface area contributed by atoms with Crippen LogP contribution in [0.3, 0.4) is 0 Å². The molecule has 0 amide bonds. The van der Waals surface area contributed by atoms with E-state index in [9.17, 15) is 0 Å². The van der Waals surface area contributed by atoms with Crippen LogP contribution in [0.25, 0.3) is 39.2 Å². The van der Waals surface area contributed by atoms with Gasteiger partial charge in [-0.15, -0.1) is 0 Å². The summed E-state index contributed by atoms with van der Waals surface area (Å²) >= 11 is 0. The van der Waals surface area contributed by atoms with Gasteiger partial charge in [0.15, 0.2) is 5.82 Å². The van der Waals surface area contributed by atoms with Crippen molar-refractivity contribution in [3.05, 3.63) is 72.2 Å². The van der Waals surface area contributed by atoms with Gasteiger partial charge in [-0.05, 0) is 50.6 Å². The minimum Gasteiger partial charge on any atom is -0.494 e. The molecule has 0 saturated heterocycles. The Balaban J connectivity index is 1.69. The van der Waals surface area contributed by atoms with E-state index in [1.165, 1.54) is 6.07 Å². The molecule has 0 aliphatic heterocycles. The Labute approximate surface area is 196 Å². The molecule has 5 aromatic rings. The first kappa shape index (κ1) is 21.6. The summed E-state index contributed by atoms with van der Waals surface area (Å²) in [6.07, 6.45) is 3.39. The third-order valence-corrected chi connectivity index (χ3v) is 5.85. The van der Waals surface area contributed by atoms with Crippen molar-refractivity contribution in [1.29, 1.82) is 0 Å². The van der Waals surface area contributed by atoms with E-state index >= 15 is 4.39 Å². The minimum atomic E-state index is -0.355. The second kappa shape index (κ2) is 8.30. The Bertz CT molecular complexity index is 1530. The molecule has 0 aliphatic carbocycles. The molecule has 0 bridgehead atoms.